The van der Waals surface area contributed by atoms with Crippen molar-refractivity contribution in [2.75, 3.05) is 10.2 Å². The van der Waals surface area contributed by atoms with E-state index in [2.05, 4.69) is 41.7 Å². The molecule has 0 radical (unpaired) electrons. The first-order chi connectivity index (χ1) is 13.6. The molecule has 0 spiro atoms. The molecule has 3 nitrogen and oxygen atoms in total. The second-order valence-corrected chi connectivity index (χ2v) is 7.33. The summed E-state index contributed by atoms with van der Waals surface area (Å²) >= 11 is 6.16. The summed E-state index contributed by atoms with van der Waals surface area (Å²) < 4.78 is 0. The van der Waals surface area contributed by atoms with Gasteiger partial charge in [0.2, 0.25) is 5.91 Å². The van der Waals surface area contributed by atoms with Crippen molar-refractivity contribution >= 4 is 41.0 Å². The van der Waals surface area contributed by atoms with Crippen LogP contribution in [0.2, 0.25) is 5.02 Å². The fraction of sp³-hybridized carbons (Fsp3) is 0.125. The molecule has 4 rings (SSSR count). The summed E-state index contributed by atoms with van der Waals surface area (Å²) in [5.74, 6) is 0.00692. The van der Waals surface area contributed by atoms with Crippen LogP contribution in [0.3, 0.4) is 0 Å². The van der Waals surface area contributed by atoms with Crippen molar-refractivity contribution in [1.29, 1.82) is 0 Å². The lowest BCUT2D eigenvalue weighted by Gasteiger charge is -2.26. The molecule has 28 heavy (non-hydrogen) atoms. The highest BCUT2D eigenvalue weighted by molar-refractivity contribution is 6.30. The first-order valence-electron chi connectivity index (χ1n) is 9.26. The van der Waals surface area contributed by atoms with Crippen LogP contribution in [-0.2, 0) is 17.9 Å². The van der Waals surface area contributed by atoms with Gasteiger partial charge in [0, 0.05) is 24.2 Å². The summed E-state index contributed by atoms with van der Waals surface area (Å²) in [7, 11) is 0. The van der Waals surface area contributed by atoms with Crippen LogP contribution < -0.4 is 10.2 Å². The Balaban J connectivity index is 1.66. The average molecular weight is 389 g/mol. The zero-order chi connectivity index (χ0) is 19.5. The molecule has 1 aliphatic heterocycles. The van der Waals surface area contributed by atoms with Crippen LogP contribution in [0.1, 0.15) is 29.2 Å². The Morgan fingerprint density at radius 1 is 1.00 bits per heavy atom. The van der Waals surface area contributed by atoms with E-state index < -0.39 is 0 Å². The van der Waals surface area contributed by atoms with Crippen molar-refractivity contribution in [2.45, 2.75) is 20.0 Å². The van der Waals surface area contributed by atoms with E-state index in [0.717, 1.165) is 34.6 Å². The predicted molar refractivity (Wildman–Crippen MR) is 117 cm³/mol. The highest BCUT2D eigenvalue weighted by Crippen LogP contribution is 2.32. The third-order valence-electron chi connectivity index (χ3n) is 4.91. The van der Waals surface area contributed by atoms with Crippen molar-refractivity contribution in [1.82, 2.24) is 0 Å². The molecular weight excluding hydrogens is 368 g/mol. The molecule has 1 aliphatic rings. The number of nitrogens with one attached hydrogen (secondary N) is 1. The Labute approximate surface area is 170 Å². The van der Waals surface area contributed by atoms with Crippen molar-refractivity contribution in [3.05, 3.63) is 94.0 Å². The van der Waals surface area contributed by atoms with Gasteiger partial charge < -0.3 is 10.2 Å². The number of carbonyl (C=O) groups excluding carboxylic acids is 1. The van der Waals surface area contributed by atoms with Gasteiger partial charge in [-0.25, -0.2) is 0 Å². The minimum absolute atomic E-state index is 0.00692. The fourth-order valence-corrected chi connectivity index (χ4v) is 3.62. The van der Waals surface area contributed by atoms with E-state index in [1.54, 1.807) is 11.8 Å². The van der Waals surface area contributed by atoms with Gasteiger partial charge in [-0.1, -0.05) is 60.2 Å². The molecule has 1 heterocycles. The van der Waals surface area contributed by atoms with Gasteiger partial charge in [-0.3, -0.25) is 4.79 Å². The molecule has 0 aromatic heterocycles. The third-order valence-corrected chi connectivity index (χ3v) is 5.15. The lowest BCUT2D eigenvalue weighted by molar-refractivity contribution is -0.116. The van der Waals surface area contributed by atoms with E-state index in [4.69, 9.17) is 11.6 Å². The number of hydrogen-bond acceptors (Lipinski definition) is 2. The number of hydrogen-bond donors (Lipinski definition) is 1. The van der Waals surface area contributed by atoms with E-state index in [1.807, 2.05) is 42.5 Å². The number of anilines is 2. The molecule has 0 bridgehead atoms. The van der Waals surface area contributed by atoms with E-state index in [0.29, 0.717) is 11.6 Å². The Morgan fingerprint density at radius 3 is 2.57 bits per heavy atom. The molecule has 0 aliphatic carbocycles. The topological polar surface area (TPSA) is 32.3 Å². The second-order valence-electron chi connectivity index (χ2n) is 6.89. The standard InChI is InChI=1S/C24H21ClN2O/c1-17(28)27-16-21-14-23(26-15-18-5-3-2-4-6-18)11-9-19(21)7-8-20-13-22(25)10-12-24(20)27/h2-14,26H,15-16H2,1H3. The second kappa shape index (κ2) is 7.91. The van der Waals surface area contributed by atoms with Crippen LogP contribution >= 0.6 is 11.6 Å². The minimum Gasteiger partial charge on any atom is -0.381 e. The van der Waals surface area contributed by atoms with Gasteiger partial charge in [0.15, 0.2) is 0 Å². The molecule has 0 unspecified atom stereocenters. The van der Waals surface area contributed by atoms with Crippen LogP contribution in [-0.4, -0.2) is 5.91 Å². The summed E-state index contributed by atoms with van der Waals surface area (Å²) in [4.78, 5) is 14.2. The molecule has 0 saturated carbocycles. The van der Waals surface area contributed by atoms with Crippen molar-refractivity contribution in [3.8, 4) is 0 Å². The van der Waals surface area contributed by atoms with Crippen LogP contribution in [0.25, 0.3) is 12.2 Å². The maximum atomic E-state index is 12.4. The number of nitrogens with zero attached hydrogens (tertiary/aromatic N) is 1. The van der Waals surface area contributed by atoms with E-state index in [-0.39, 0.29) is 5.91 Å². The van der Waals surface area contributed by atoms with Gasteiger partial charge in [-0.2, -0.15) is 0 Å². The SMILES string of the molecule is CC(=O)N1Cc2cc(NCc3ccccc3)ccc2C=Cc2cc(Cl)ccc21. The summed E-state index contributed by atoms with van der Waals surface area (Å²) in [5, 5.41) is 4.13. The van der Waals surface area contributed by atoms with E-state index in [9.17, 15) is 4.79 Å². The molecule has 1 N–H and O–H groups in total. The maximum Gasteiger partial charge on any atom is 0.224 e. The lowest BCUT2D eigenvalue weighted by atomic mass is 10.00. The highest BCUT2D eigenvalue weighted by atomic mass is 35.5. The van der Waals surface area contributed by atoms with Gasteiger partial charge >= 0.3 is 0 Å². The number of carbonyl (C=O) groups is 1. The van der Waals surface area contributed by atoms with Crippen LogP contribution in [0.4, 0.5) is 11.4 Å². The van der Waals surface area contributed by atoms with Gasteiger partial charge in [-0.05, 0) is 52.6 Å². The molecule has 3 aromatic carbocycles. The summed E-state index contributed by atoms with van der Waals surface area (Å²) in [5.41, 5.74) is 6.29. The van der Waals surface area contributed by atoms with Gasteiger partial charge in [0.1, 0.15) is 0 Å². The normalized spacial score (nSPS) is 12.6. The zero-order valence-corrected chi connectivity index (χ0v) is 16.4. The summed E-state index contributed by atoms with van der Waals surface area (Å²) in [6.07, 6.45) is 4.11. The summed E-state index contributed by atoms with van der Waals surface area (Å²) in [6, 6.07) is 22.2. The molecule has 0 saturated heterocycles. The molecule has 140 valence electrons. The van der Waals surface area contributed by atoms with E-state index >= 15 is 0 Å². The number of amides is 1. The lowest BCUT2D eigenvalue weighted by Crippen LogP contribution is -2.29. The summed E-state index contributed by atoms with van der Waals surface area (Å²) in [6.45, 7) is 2.87. The molecule has 1 amide bonds. The Bertz CT molecular complexity index is 1040. The van der Waals surface area contributed by atoms with E-state index in [1.165, 1.54) is 5.56 Å². The number of fused-ring (bicyclic) bond motifs is 2. The monoisotopic (exact) mass is 388 g/mol. The Morgan fingerprint density at radius 2 is 1.79 bits per heavy atom. The smallest absolute Gasteiger partial charge is 0.224 e. The Hall–Kier alpha value is -3.04. The minimum atomic E-state index is 0.00692. The first kappa shape index (κ1) is 18.3. The molecule has 0 atom stereocenters. The third kappa shape index (κ3) is 3.95. The van der Waals surface area contributed by atoms with Crippen molar-refractivity contribution in [3.63, 3.8) is 0 Å². The quantitative estimate of drug-likeness (QED) is 0.597. The number of benzene rings is 3. The largest absolute Gasteiger partial charge is 0.381 e. The fourth-order valence-electron chi connectivity index (χ4n) is 3.44. The van der Waals surface area contributed by atoms with Gasteiger partial charge in [0.25, 0.3) is 0 Å². The number of rotatable bonds is 3. The Kier molecular flexibility index (Phi) is 5.18. The van der Waals surface area contributed by atoms with Crippen LogP contribution in [0.15, 0.2) is 66.7 Å². The predicted octanol–water partition coefficient (Wildman–Crippen LogP) is 5.99. The average Bonchev–Trinajstić information content (AvgIpc) is 2.69. The van der Waals surface area contributed by atoms with Crippen molar-refractivity contribution < 1.29 is 4.79 Å². The molecule has 3 aromatic rings. The molecular formula is C24H21ClN2O. The van der Waals surface area contributed by atoms with Crippen molar-refractivity contribution in [2.24, 2.45) is 0 Å². The van der Waals surface area contributed by atoms with Gasteiger partial charge in [0.05, 0.1) is 12.2 Å². The highest BCUT2D eigenvalue weighted by Gasteiger charge is 2.19. The molecule has 4 heteroatoms. The first-order valence-corrected chi connectivity index (χ1v) is 9.64. The molecule has 0 fully saturated rings. The maximum absolute atomic E-state index is 12.4. The van der Waals surface area contributed by atoms with Crippen LogP contribution in [0.5, 0.6) is 0 Å². The van der Waals surface area contributed by atoms with Crippen LogP contribution in [0, 0.1) is 0 Å². The number of halogens is 1. The van der Waals surface area contributed by atoms with Gasteiger partial charge in [-0.15, -0.1) is 0 Å². The zero-order valence-electron chi connectivity index (χ0n) is 15.7.